The van der Waals surface area contributed by atoms with E-state index in [1.54, 1.807) is 17.0 Å². The Morgan fingerprint density at radius 2 is 1.87 bits per heavy atom. The Morgan fingerprint density at radius 1 is 1.16 bits per heavy atom. The number of halogens is 1. The minimum Gasteiger partial charge on any atom is -0.438 e. The number of hydrogen-bond acceptors (Lipinski definition) is 6. The summed E-state index contributed by atoms with van der Waals surface area (Å²) in [6, 6.07) is 8.55. The molecule has 3 rings (SSSR count). The molecule has 1 saturated heterocycles. The first-order valence-corrected chi connectivity index (χ1v) is 11.3. The fraction of sp³-hybridized carbons (Fsp3) is 0.400. The van der Waals surface area contributed by atoms with Gasteiger partial charge >= 0.3 is 0 Å². The molecular weight excluding hydrogens is 427 g/mol. The van der Waals surface area contributed by atoms with Crippen LogP contribution in [0.25, 0.3) is 0 Å². The Bertz CT molecular complexity index is 1050. The number of nitrogens with two attached hydrogens (primary N) is 1. The van der Waals surface area contributed by atoms with Crippen molar-refractivity contribution < 1.29 is 26.8 Å². The topological polar surface area (TPSA) is 117 Å². The number of likely N-dealkylation sites (N-methyl/N-ethyl adjacent to an activating group) is 1. The van der Waals surface area contributed by atoms with E-state index in [-0.39, 0.29) is 42.2 Å². The van der Waals surface area contributed by atoms with Crippen molar-refractivity contribution in [3.05, 3.63) is 53.5 Å². The number of carbonyl (C=O) groups is 2. The van der Waals surface area contributed by atoms with Crippen molar-refractivity contribution in [1.82, 2.24) is 14.1 Å². The highest BCUT2D eigenvalue weighted by Crippen LogP contribution is 2.20. The average Bonchev–Trinajstić information content (AvgIpc) is 3.24. The van der Waals surface area contributed by atoms with Gasteiger partial charge in [0.2, 0.25) is 11.0 Å². The molecule has 1 aromatic carbocycles. The van der Waals surface area contributed by atoms with Crippen molar-refractivity contribution in [2.75, 3.05) is 39.3 Å². The predicted octanol–water partition coefficient (Wildman–Crippen LogP) is 0.873. The highest BCUT2D eigenvalue weighted by atomic mass is 32.2. The molecule has 1 fully saturated rings. The fourth-order valence-electron chi connectivity index (χ4n) is 3.37. The Kier molecular flexibility index (Phi) is 7.08. The minimum atomic E-state index is -3.89. The van der Waals surface area contributed by atoms with E-state index >= 15 is 0 Å². The van der Waals surface area contributed by atoms with Crippen LogP contribution in [-0.4, -0.2) is 73.6 Å². The minimum absolute atomic E-state index is 0.111. The molecule has 0 bridgehead atoms. The highest BCUT2D eigenvalue weighted by molar-refractivity contribution is 7.89. The van der Waals surface area contributed by atoms with E-state index in [0.717, 1.165) is 0 Å². The van der Waals surface area contributed by atoms with Crippen molar-refractivity contribution in [3.63, 3.8) is 0 Å². The van der Waals surface area contributed by atoms with Crippen molar-refractivity contribution in [1.29, 1.82) is 0 Å². The Labute approximate surface area is 180 Å². The van der Waals surface area contributed by atoms with Crippen LogP contribution in [0.1, 0.15) is 23.0 Å². The van der Waals surface area contributed by atoms with E-state index in [4.69, 9.17) is 10.2 Å². The number of piperazine rings is 1. The normalized spacial score (nSPS) is 15.7. The second-order valence-electron chi connectivity index (χ2n) is 7.20. The molecule has 1 aliphatic heterocycles. The van der Waals surface area contributed by atoms with Crippen LogP contribution in [0.15, 0.2) is 45.9 Å². The smallest absolute Gasteiger partial charge is 0.284 e. The molecule has 9 nitrogen and oxygen atoms in total. The quantitative estimate of drug-likeness (QED) is 0.635. The molecule has 1 aromatic heterocycles. The summed E-state index contributed by atoms with van der Waals surface area (Å²) in [6.07, 6.45) is 0. The monoisotopic (exact) mass is 452 g/mol. The first kappa shape index (κ1) is 22.9. The summed E-state index contributed by atoms with van der Waals surface area (Å²) < 4.78 is 45.1. The molecule has 2 heterocycles. The molecule has 0 aliphatic carbocycles. The largest absolute Gasteiger partial charge is 0.438 e. The molecule has 0 saturated carbocycles. The molecule has 31 heavy (non-hydrogen) atoms. The standard InChI is InChI=1S/C20H25FN4O5S/c1-2-24(13-15-4-3-5-16(21)12-15)18(26)14-23-8-10-25(11-9-23)31(28,29)19-7-6-17(30-19)20(22)27/h3-7,12H,2,8-11,13-14H2,1H3,(H2,22,27). The zero-order valence-electron chi connectivity index (χ0n) is 17.2. The lowest BCUT2D eigenvalue weighted by molar-refractivity contribution is -0.133. The number of benzene rings is 1. The second kappa shape index (κ2) is 9.58. The van der Waals surface area contributed by atoms with Crippen LogP contribution in [0.4, 0.5) is 4.39 Å². The maximum absolute atomic E-state index is 13.4. The van der Waals surface area contributed by atoms with E-state index in [9.17, 15) is 22.4 Å². The van der Waals surface area contributed by atoms with E-state index in [1.807, 2.05) is 11.8 Å². The van der Waals surface area contributed by atoms with Crippen LogP contribution < -0.4 is 5.73 Å². The van der Waals surface area contributed by atoms with Crippen LogP contribution in [0.5, 0.6) is 0 Å². The molecule has 2 aromatic rings. The lowest BCUT2D eigenvalue weighted by Gasteiger charge is -2.34. The van der Waals surface area contributed by atoms with E-state index in [2.05, 4.69) is 0 Å². The van der Waals surface area contributed by atoms with Gasteiger partial charge in [-0.05, 0) is 36.8 Å². The number of carbonyl (C=O) groups excluding carboxylic acids is 2. The van der Waals surface area contributed by atoms with Gasteiger partial charge in [-0.15, -0.1) is 0 Å². The lowest BCUT2D eigenvalue weighted by Crippen LogP contribution is -2.51. The number of rotatable bonds is 8. The summed E-state index contributed by atoms with van der Waals surface area (Å²) >= 11 is 0. The molecule has 0 unspecified atom stereocenters. The fourth-order valence-corrected chi connectivity index (χ4v) is 4.70. The van der Waals surface area contributed by atoms with Crippen molar-refractivity contribution in [3.8, 4) is 0 Å². The lowest BCUT2D eigenvalue weighted by atomic mass is 10.2. The van der Waals surface area contributed by atoms with Gasteiger partial charge in [-0.1, -0.05) is 12.1 Å². The molecule has 0 atom stereocenters. The Balaban J connectivity index is 1.56. The first-order valence-electron chi connectivity index (χ1n) is 9.85. The summed E-state index contributed by atoms with van der Waals surface area (Å²) in [5.41, 5.74) is 5.81. The zero-order chi connectivity index (χ0) is 22.6. The average molecular weight is 453 g/mol. The van der Waals surface area contributed by atoms with E-state index in [1.165, 1.54) is 28.6 Å². The van der Waals surface area contributed by atoms with Crippen LogP contribution in [0.2, 0.25) is 0 Å². The summed E-state index contributed by atoms with van der Waals surface area (Å²) in [5.74, 6) is -1.53. The van der Waals surface area contributed by atoms with Crippen molar-refractivity contribution in [2.45, 2.75) is 18.6 Å². The molecule has 0 spiro atoms. The molecule has 2 N–H and O–H groups in total. The van der Waals surface area contributed by atoms with Gasteiger partial charge in [0.25, 0.3) is 15.9 Å². The van der Waals surface area contributed by atoms with Crippen LogP contribution in [0, 0.1) is 5.82 Å². The van der Waals surface area contributed by atoms with Gasteiger partial charge in [0.05, 0.1) is 6.54 Å². The molecule has 0 radical (unpaired) electrons. The molecular formula is C20H25FN4O5S. The van der Waals surface area contributed by atoms with E-state index < -0.39 is 15.9 Å². The summed E-state index contributed by atoms with van der Waals surface area (Å²) in [6.45, 7) is 3.87. The molecule has 2 amide bonds. The zero-order valence-corrected chi connectivity index (χ0v) is 18.0. The third-order valence-corrected chi connectivity index (χ3v) is 6.88. The summed E-state index contributed by atoms with van der Waals surface area (Å²) in [4.78, 5) is 27.3. The number of sulfonamides is 1. The Morgan fingerprint density at radius 3 is 2.45 bits per heavy atom. The maximum Gasteiger partial charge on any atom is 0.284 e. The summed E-state index contributed by atoms with van der Waals surface area (Å²) in [7, 11) is -3.89. The van der Waals surface area contributed by atoms with Crippen LogP contribution in [-0.2, 0) is 21.4 Å². The molecule has 11 heteroatoms. The highest BCUT2D eigenvalue weighted by Gasteiger charge is 2.32. The van der Waals surface area contributed by atoms with Crippen LogP contribution >= 0.6 is 0 Å². The number of nitrogens with zero attached hydrogens (tertiary/aromatic N) is 3. The van der Waals surface area contributed by atoms with Crippen molar-refractivity contribution >= 4 is 21.8 Å². The number of hydrogen-bond donors (Lipinski definition) is 1. The van der Waals surface area contributed by atoms with Gasteiger partial charge in [-0.25, -0.2) is 12.8 Å². The summed E-state index contributed by atoms with van der Waals surface area (Å²) in [5, 5.41) is -0.335. The maximum atomic E-state index is 13.4. The predicted molar refractivity (Wildman–Crippen MR) is 110 cm³/mol. The number of furan rings is 1. The number of amides is 2. The molecule has 1 aliphatic rings. The second-order valence-corrected chi connectivity index (χ2v) is 9.07. The third-order valence-electron chi connectivity index (χ3n) is 5.11. The number of primary amides is 1. The third kappa shape index (κ3) is 5.49. The van der Waals surface area contributed by atoms with Gasteiger partial charge < -0.3 is 15.1 Å². The van der Waals surface area contributed by atoms with Gasteiger partial charge in [0.15, 0.2) is 5.76 Å². The molecule has 168 valence electrons. The first-order chi connectivity index (χ1) is 14.7. The van der Waals surface area contributed by atoms with Gasteiger partial charge in [0, 0.05) is 39.3 Å². The van der Waals surface area contributed by atoms with Gasteiger partial charge in [0.1, 0.15) is 5.82 Å². The van der Waals surface area contributed by atoms with Gasteiger partial charge in [-0.3, -0.25) is 14.5 Å². The van der Waals surface area contributed by atoms with Gasteiger partial charge in [-0.2, -0.15) is 4.31 Å². The van der Waals surface area contributed by atoms with E-state index in [0.29, 0.717) is 31.7 Å². The van der Waals surface area contributed by atoms with Crippen molar-refractivity contribution in [2.24, 2.45) is 5.73 Å². The Hall–Kier alpha value is -2.76. The van der Waals surface area contributed by atoms with Crippen LogP contribution in [0.3, 0.4) is 0 Å². The SMILES string of the molecule is CCN(Cc1cccc(F)c1)C(=O)CN1CCN(S(=O)(=O)c2ccc(C(N)=O)o2)CC1.